The normalized spacial score (nSPS) is 18.7. The van der Waals surface area contributed by atoms with E-state index in [1.165, 1.54) is 18.7 Å². The molecule has 1 saturated carbocycles. The van der Waals surface area contributed by atoms with E-state index in [0.29, 0.717) is 17.0 Å². The van der Waals surface area contributed by atoms with Crippen molar-refractivity contribution in [1.82, 2.24) is 14.9 Å². The van der Waals surface area contributed by atoms with Gasteiger partial charge in [-0.05, 0) is 70.8 Å². The van der Waals surface area contributed by atoms with Crippen LogP contribution >= 0.6 is 11.8 Å². The topological polar surface area (TPSA) is 93.2 Å². The van der Waals surface area contributed by atoms with Crippen LogP contribution in [0.3, 0.4) is 0 Å². The third kappa shape index (κ3) is 5.24. The van der Waals surface area contributed by atoms with Crippen molar-refractivity contribution >= 4 is 34.5 Å². The number of aromatic nitrogens is 2. The molecule has 0 spiro atoms. The van der Waals surface area contributed by atoms with Crippen LogP contribution in [0.25, 0.3) is 10.9 Å². The highest BCUT2D eigenvalue weighted by molar-refractivity contribution is 7.98. The van der Waals surface area contributed by atoms with Gasteiger partial charge in [0.2, 0.25) is 0 Å². The SMILES string of the molecule is CSc1cc(C)[nH]c(=O)c1CNC(=O)c1c(C)n([C@H](C)C2CCC(OC(C)=O)CC2)c2ccccc12. The van der Waals surface area contributed by atoms with Crippen LogP contribution in [0.15, 0.2) is 40.0 Å². The predicted molar refractivity (Wildman–Crippen MR) is 144 cm³/mol. The third-order valence-corrected chi connectivity index (χ3v) is 8.20. The molecule has 192 valence electrons. The van der Waals surface area contributed by atoms with E-state index in [-0.39, 0.29) is 36.1 Å². The molecule has 1 aliphatic rings. The Morgan fingerprint density at radius 3 is 2.56 bits per heavy atom. The second-order valence-electron chi connectivity index (χ2n) is 9.75. The number of thioether (sulfide) groups is 1. The van der Waals surface area contributed by atoms with Crippen molar-refractivity contribution in [2.45, 2.75) is 77.0 Å². The number of aryl methyl sites for hydroxylation is 1. The van der Waals surface area contributed by atoms with Gasteiger partial charge in [-0.1, -0.05) is 18.2 Å². The van der Waals surface area contributed by atoms with Gasteiger partial charge in [0.25, 0.3) is 11.5 Å². The molecule has 7 nitrogen and oxygen atoms in total. The molecule has 0 radical (unpaired) electrons. The summed E-state index contributed by atoms with van der Waals surface area (Å²) in [6.45, 7) is 7.70. The van der Waals surface area contributed by atoms with Crippen molar-refractivity contribution in [2.24, 2.45) is 5.92 Å². The maximum absolute atomic E-state index is 13.5. The summed E-state index contributed by atoms with van der Waals surface area (Å²) in [5.74, 6) is 0.0319. The summed E-state index contributed by atoms with van der Waals surface area (Å²) in [6.07, 6.45) is 5.61. The molecule has 0 aliphatic heterocycles. The molecule has 1 fully saturated rings. The lowest BCUT2D eigenvalue weighted by atomic mass is 9.83. The average Bonchev–Trinajstić information content (AvgIpc) is 3.14. The lowest BCUT2D eigenvalue weighted by Crippen LogP contribution is -2.29. The number of hydrogen-bond acceptors (Lipinski definition) is 5. The Balaban J connectivity index is 1.59. The summed E-state index contributed by atoms with van der Waals surface area (Å²) in [6, 6.07) is 10.1. The first-order valence-corrected chi connectivity index (χ1v) is 13.8. The Morgan fingerprint density at radius 1 is 1.19 bits per heavy atom. The van der Waals surface area contributed by atoms with Crippen molar-refractivity contribution in [3.8, 4) is 0 Å². The van der Waals surface area contributed by atoms with Crippen molar-refractivity contribution < 1.29 is 14.3 Å². The number of pyridine rings is 1. The number of H-pyrrole nitrogens is 1. The second kappa shape index (κ2) is 10.9. The van der Waals surface area contributed by atoms with Gasteiger partial charge in [0.1, 0.15) is 6.10 Å². The van der Waals surface area contributed by atoms with E-state index in [0.717, 1.165) is 52.9 Å². The molecule has 8 heteroatoms. The number of rotatable bonds is 7. The zero-order valence-electron chi connectivity index (χ0n) is 21.6. The molecule has 1 aromatic carbocycles. The van der Waals surface area contributed by atoms with Crippen molar-refractivity contribution in [3.63, 3.8) is 0 Å². The van der Waals surface area contributed by atoms with Crippen LogP contribution in [0.5, 0.6) is 0 Å². The fraction of sp³-hybridized carbons (Fsp3) is 0.464. The van der Waals surface area contributed by atoms with Gasteiger partial charge in [0.05, 0.1) is 5.56 Å². The molecule has 1 aliphatic carbocycles. The Morgan fingerprint density at radius 2 is 1.89 bits per heavy atom. The number of hydrogen-bond donors (Lipinski definition) is 2. The van der Waals surface area contributed by atoms with E-state index in [4.69, 9.17) is 4.74 Å². The first-order chi connectivity index (χ1) is 17.2. The zero-order chi connectivity index (χ0) is 26.0. The van der Waals surface area contributed by atoms with E-state index in [1.807, 2.05) is 44.4 Å². The number of aromatic amines is 1. The van der Waals surface area contributed by atoms with Crippen LogP contribution in [0.4, 0.5) is 0 Å². The van der Waals surface area contributed by atoms with E-state index in [2.05, 4.69) is 27.9 Å². The molecule has 1 amide bonds. The van der Waals surface area contributed by atoms with Crippen LogP contribution in [-0.4, -0.2) is 33.8 Å². The summed E-state index contributed by atoms with van der Waals surface area (Å²) in [7, 11) is 0. The number of carbonyl (C=O) groups excluding carboxylic acids is 2. The number of carbonyl (C=O) groups is 2. The van der Waals surface area contributed by atoms with E-state index >= 15 is 0 Å². The van der Waals surface area contributed by atoms with E-state index < -0.39 is 0 Å². The first-order valence-electron chi connectivity index (χ1n) is 12.5. The maximum Gasteiger partial charge on any atom is 0.302 e. The molecule has 3 aromatic rings. The molecule has 1 atom stereocenters. The Kier molecular flexibility index (Phi) is 7.93. The lowest BCUT2D eigenvalue weighted by molar-refractivity contribution is -0.148. The molecule has 0 bridgehead atoms. The minimum Gasteiger partial charge on any atom is -0.463 e. The van der Waals surface area contributed by atoms with Gasteiger partial charge < -0.3 is 19.6 Å². The largest absolute Gasteiger partial charge is 0.463 e. The Bertz CT molecular complexity index is 1330. The number of amides is 1. The summed E-state index contributed by atoms with van der Waals surface area (Å²) < 4.78 is 7.71. The highest BCUT2D eigenvalue weighted by atomic mass is 32.2. The van der Waals surface area contributed by atoms with Crippen LogP contribution in [0.2, 0.25) is 0 Å². The van der Waals surface area contributed by atoms with Crippen LogP contribution < -0.4 is 10.9 Å². The number of benzene rings is 1. The highest BCUT2D eigenvalue weighted by Crippen LogP contribution is 2.38. The summed E-state index contributed by atoms with van der Waals surface area (Å²) in [5, 5.41) is 3.92. The van der Waals surface area contributed by atoms with E-state index in [1.54, 1.807) is 0 Å². The maximum atomic E-state index is 13.5. The molecule has 2 heterocycles. The smallest absolute Gasteiger partial charge is 0.302 e. The molecule has 36 heavy (non-hydrogen) atoms. The molecule has 2 aromatic heterocycles. The Hall–Kier alpha value is -3.00. The number of para-hydroxylation sites is 1. The summed E-state index contributed by atoms with van der Waals surface area (Å²) in [4.78, 5) is 41.1. The quantitative estimate of drug-likeness (QED) is 0.334. The number of fused-ring (bicyclic) bond motifs is 1. The number of esters is 1. The Labute approximate surface area is 216 Å². The monoisotopic (exact) mass is 509 g/mol. The van der Waals surface area contributed by atoms with Crippen molar-refractivity contribution in [1.29, 1.82) is 0 Å². The number of nitrogens with one attached hydrogen (secondary N) is 2. The molecule has 2 N–H and O–H groups in total. The minimum absolute atomic E-state index is 0.00546. The molecule has 0 saturated heterocycles. The van der Waals surface area contributed by atoms with Gasteiger partial charge >= 0.3 is 5.97 Å². The average molecular weight is 510 g/mol. The fourth-order valence-electron chi connectivity index (χ4n) is 5.63. The van der Waals surface area contributed by atoms with Gasteiger partial charge in [-0.3, -0.25) is 14.4 Å². The first kappa shape index (κ1) is 26.1. The van der Waals surface area contributed by atoms with Gasteiger partial charge in [-0.2, -0.15) is 0 Å². The number of nitrogens with zero attached hydrogens (tertiary/aromatic N) is 1. The number of ether oxygens (including phenoxy) is 1. The lowest BCUT2D eigenvalue weighted by Gasteiger charge is -2.33. The van der Waals surface area contributed by atoms with Crippen LogP contribution in [0.1, 0.15) is 72.9 Å². The van der Waals surface area contributed by atoms with Gasteiger partial charge in [0, 0.05) is 52.3 Å². The second-order valence-corrected chi connectivity index (χ2v) is 10.6. The molecular weight excluding hydrogens is 474 g/mol. The zero-order valence-corrected chi connectivity index (χ0v) is 22.5. The molecule has 4 rings (SSSR count). The minimum atomic E-state index is -0.216. The fourth-order valence-corrected chi connectivity index (χ4v) is 6.34. The summed E-state index contributed by atoms with van der Waals surface area (Å²) in [5.41, 5.74) is 3.81. The van der Waals surface area contributed by atoms with Crippen LogP contribution in [0, 0.1) is 19.8 Å². The predicted octanol–water partition coefficient (Wildman–Crippen LogP) is 5.28. The van der Waals surface area contributed by atoms with Gasteiger partial charge in [-0.15, -0.1) is 11.8 Å². The summed E-state index contributed by atoms with van der Waals surface area (Å²) >= 11 is 1.50. The van der Waals surface area contributed by atoms with E-state index in [9.17, 15) is 14.4 Å². The van der Waals surface area contributed by atoms with Crippen LogP contribution in [-0.2, 0) is 16.1 Å². The van der Waals surface area contributed by atoms with Gasteiger partial charge in [-0.25, -0.2) is 0 Å². The van der Waals surface area contributed by atoms with Crippen molar-refractivity contribution in [3.05, 3.63) is 63.2 Å². The standard InChI is InChI=1S/C28H35N3O4S/c1-16-14-25(36-5)23(27(33)30-16)15-29-28(34)26-18(3)31(24-9-7-6-8-22(24)26)17(2)20-10-12-21(13-11-20)35-19(4)32/h6-9,14,17,20-21H,10-13,15H2,1-5H3,(H,29,34)(H,30,33)/t17-,20?,21?/m1/s1. The highest BCUT2D eigenvalue weighted by Gasteiger charge is 2.30. The molecular formula is C28H35N3O4S. The van der Waals surface area contributed by atoms with Gasteiger partial charge in [0.15, 0.2) is 0 Å². The van der Waals surface area contributed by atoms with Crippen molar-refractivity contribution in [2.75, 3.05) is 6.26 Å². The molecule has 0 unspecified atom stereocenters. The third-order valence-electron chi connectivity index (χ3n) is 7.40.